The fourth-order valence-electron chi connectivity index (χ4n) is 8.79. The molecular weight excluding hydrogens is 978 g/mol. The molecule has 10 rings (SSSR count). The summed E-state index contributed by atoms with van der Waals surface area (Å²) >= 11 is 0. The van der Waals surface area contributed by atoms with Gasteiger partial charge in [0, 0.05) is 45.1 Å². The maximum Gasteiger partial charge on any atom is 2.00 e. The Bertz CT molecular complexity index is 3200. The minimum absolute atomic E-state index is 0. The summed E-state index contributed by atoms with van der Waals surface area (Å²) in [5.74, 6) is 2.15. The van der Waals surface area contributed by atoms with Gasteiger partial charge in [-0.3, -0.25) is 9.13 Å². The summed E-state index contributed by atoms with van der Waals surface area (Å²) in [6.07, 6.45) is 2.29. The molecular formula is C58H55N5OPt. The Morgan fingerprint density at radius 2 is 1.14 bits per heavy atom. The first-order valence-electron chi connectivity index (χ1n) is 22.3. The van der Waals surface area contributed by atoms with E-state index in [4.69, 9.17) is 9.72 Å². The average molecular weight is 1030 g/mol. The topological polar surface area (TPSA) is 38.5 Å². The molecule has 1 aliphatic heterocycles. The first kappa shape index (κ1) is 43.9. The number of para-hydroxylation sites is 4. The van der Waals surface area contributed by atoms with Gasteiger partial charge in [-0.1, -0.05) is 147 Å². The molecule has 0 bridgehead atoms. The molecule has 7 heteroatoms. The zero-order chi connectivity index (χ0) is 44.5. The zero-order valence-corrected chi connectivity index (χ0v) is 40.9. The molecule has 65 heavy (non-hydrogen) atoms. The molecule has 328 valence electrons. The molecule has 6 nitrogen and oxygen atoms in total. The zero-order valence-electron chi connectivity index (χ0n) is 38.6. The number of benzene rings is 7. The fourth-order valence-corrected chi connectivity index (χ4v) is 8.79. The second-order valence-electron chi connectivity index (χ2n) is 20.1. The van der Waals surface area contributed by atoms with Gasteiger partial charge >= 0.3 is 21.1 Å². The van der Waals surface area contributed by atoms with Crippen molar-refractivity contribution in [3.63, 3.8) is 0 Å². The van der Waals surface area contributed by atoms with Gasteiger partial charge in [0.15, 0.2) is 0 Å². The molecule has 0 spiro atoms. The number of fused-ring (bicyclic) bond motifs is 4. The van der Waals surface area contributed by atoms with E-state index in [2.05, 4.69) is 246 Å². The number of rotatable bonds is 7. The van der Waals surface area contributed by atoms with Crippen molar-refractivity contribution in [1.29, 1.82) is 0 Å². The van der Waals surface area contributed by atoms with Crippen LogP contribution in [0.1, 0.15) is 73.4 Å². The van der Waals surface area contributed by atoms with E-state index >= 15 is 0 Å². The third-order valence-electron chi connectivity index (χ3n) is 12.3. The molecule has 0 saturated heterocycles. The van der Waals surface area contributed by atoms with Crippen molar-refractivity contribution in [2.45, 2.75) is 73.1 Å². The Balaban J connectivity index is 0.00000533. The summed E-state index contributed by atoms with van der Waals surface area (Å²) in [6, 6.07) is 59.4. The van der Waals surface area contributed by atoms with Crippen LogP contribution in [-0.2, 0) is 31.9 Å². The van der Waals surface area contributed by atoms with Crippen LogP contribution in [0.5, 0.6) is 11.5 Å². The van der Waals surface area contributed by atoms with E-state index < -0.39 is 0 Å². The maximum absolute atomic E-state index is 6.98. The van der Waals surface area contributed by atoms with Gasteiger partial charge in [-0.25, -0.2) is 4.98 Å². The maximum atomic E-state index is 6.98. The average Bonchev–Trinajstić information content (AvgIpc) is 3.99. The van der Waals surface area contributed by atoms with Crippen molar-refractivity contribution in [2.75, 3.05) is 9.80 Å². The van der Waals surface area contributed by atoms with Crippen LogP contribution in [0.2, 0.25) is 0 Å². The van der Waals surface area contributed by atoms with E-state index in [1.54, 1.807) is 0 Å². The normalized spacial score (nSPS) is 13.5. The quantitative estimate of drug-likeness (QED) is 0.149. The van der Waals surface area contributed by atoms with Gasteiger partial charge < -0.3 is 14.5 Å². The van der Waals surface area contributed by atoms with E-state index in [-0.39, 0.29) is 37.3 Å². The van der Waals surface area contributed by atoms with Gasteiger partial charge in [0.05, 0.1) is 22.1 Å². The Morgan fingerprint density at radius 1 is 0.523 bits per heavy atom. The van der Waals surface area contributed by atoms with Crippen LogP contribution in [0.25, 0.3) is 55.6 Å². The third kappa shape index (κ3) is 8.30. The summed E-state index contributed by atoms with van der Waals surface area (Å²) in [7, 11) is 0. The molecule has 1 aliphatic rings. The van der Waals surface area contributed by atoms with Crippen LogP contribution in [0.3, 0.4) is 0 Å². The van der Waals surface area contributed by atoms with Gasteiger partial charge in [0.2, 0.25) is 5.95 Å². The van der Waals surface area contributed by atoms with Gasteiger partial charge in [-0.05, 0) is 88.3 Å². The van der Waals surface area contributed by atoms with Crippen LogP contribution in [0.15, 0.2) is 170 Å². The monoisotopic (exact) mass is 1030 g/mol. The van der Waals surface area contributed by atoms with Gasteiger partial charge in [0.1, 0.15) is 5.75 Å². The van der Waals surface area contributed by atoms with Gasteiger partial charge in [-0.15, -0.1) is 36.1 Å². The Morgan fingerprint density at radius 3 is 1.82 bits per heavy atom. The van der Waals surface area contributed by atoms with E-state index in [0.29, 0.717) is 11.5 Å². The number of ether oxygens (including phenoxy) is 1. The molecule has 0 amide bonds. The number of anilines is 2. The Kier molecular flexibility index (Phi) is 11.2. The fraction of sp³-hybridized carbons (Fsp3) is 0.207. The molecule has 0 atom stereocenters. The van der Waals surface area contributed by atoms with E-state index in [0.717, 1.165) is 72.7 Å². The third-order valence-corrected chi connectivity index (χ3v) is 12.3. The number of aromatic nitrogens is 3. The van der Waals surface area contributed by atoms with E-state index in [1.807, 2.05) is 12.1 Å². The van der Waals surface area contributed by atoms with Crippen LogP contribution in [0.4, 0.5) is 11.4 Å². The van der Waals surface area contributed by atoms with Crippen molar-refractivity contribution in [3.05, 3.63) is 193 Å². The van der Waals surface area contributed by atoms with E-state index in [1.165, 1.54) is 11.1 Å². The molecule has 2 aromatic heterocycles. The smallest absolute Gasteiger partial charge is 0.497 e. The molecule has 0 radical (unpaired) electrons. The molecule has 7 aromatic carbocycles. The summed E-state index contributed by atoms with van der Waals surface area (Å²) in [5.41, 5.74) is 12.8. The van der Waals surface area contributed by atoms with Crippen LogP contribution in [-0.4, -0.2) is 14.1 Å². The van der Waals surface area contributed by atoms with Crippen molar-refractivity contribution >= 4 is 44.2 Å². The molecule has 0 saturated carbocycles. The largest absolute Gasteiger partial charge is 2.00 e. The standard InChI is InChI=1S/C58H55N5O.Pt/c1-56(2,3)41-32-42(57(4,5)6)34-44(33-41)60-37-54(58(7,8)9)61(38-60)45-30-40(39-20-12-10-13-21-39)31-47(35-45)64-46-28-29-49-48-24-16-18-26-51(48)63(53(49)36-46)55-59-50-25-17-19-27-52(50)62(55)43-22-14-11-15-23-43;/h10-34,36-38H,1-9H3;/q-2;+2. The van der Waals surface area contributed by atoms with Gasteiger partial charge in [0.25, 0.3) is 0 Å². The number of allylic oxidation sites excluding steroid dienone is 1. The number of hydrogen-bond donors (Lipinski definition) is 0. The second kappa shape index (κ2) is 16.6. The molecule has 9 aromatic rings. The predicted molar refractivity (Wildman–Crippen MR) is 267 cm³/mol. The Hall–Kier alpha value is -6.36. The van der Waals surface area contributed by atoms with Crippen molar-refractivity contribution in [2.24, 2.45) is 5.41 Å². The van der Waals surface area contributed by atoms with Crippen molar-refractivity contribution in [3.8, 4) is 34.3 Å². The molecule has 0 aliphatic carbocycles. The summed E-state index contributed by atoms with van der Waals surface area (Å²) in [5, 5.41) is 2.27. The number of nitrogens with zero attached hydrogens (tertiary/aromatic N) is 5. The number of hydrogen-bond acceptors (Lipinski definition) is 4. The molecule has 0 fully saturated rings. The first-order chi connectivity index (χ1) is 30.6. The summed E-state index contributed by atoms with van der Waals surface area (Å²) < 4.78 is 11.5. The molecule has 0 N–H and O–H groups in total. The van der Waals surface area contributed by atoms with Crippen molar-refractivity contribution < 1.29 is 25.8 Å². The van der Waals surface area contributed by atoms with Crippen LogP contribution >= 0.6 is 0 Å². The van der Waals surface area contributed by atoms with Crippen LogP contribution in [0, 0.1) is 18.2 Å². The van der Waals surface area contributed by atoms with Gasteiger partial charge in [-0.2, -0.15) is 0 Å². The minimum Gasteiger partial charge on any atom is -0.497 e. The van der Waals surface area contributed by atoms with Crippen LogP contribution < -0.4 is 14.5 Å². The molecule has 3 heterocycles. The number of imidazole rings is 1. The first-order valence-corrected chi connectivity index (χ1v) is 22.3. The minimum atomic E-state index is -0.188. The summed E-state index contributed by atoms with van der Waals surface area (Å²) in [4.78, 5) is 9.86. The van der Waals surface area contributed by atoms with Crippen molar-refractivity contribution in [1.82, 2.24) is 14.1 Å². The predicted octanol–water partition coefficient (Wildman–Crippen LogP) is 15.3. The SMILES string of the molecule is CC(C)(C)C1=CN(c2cc(C(C)(C)C)cc(C(C)(C)C)c2)[CH-]N1c1[c-]c(Oc2ccc3c4ccccc4n(-c4nc5ccccc5n4-c4ccccc4)c3c2)cc(-c2ccccc2)c1.[Pt+2]. The second-order valence-corrected chi connectivity index (χ2v) is 20.1. The molecule has 0 unspecified atom stereocenters. The summed E-state index contributed by atoms with van der Waals surface area (Å²) in [6.45, 7) is 22.8. The Labute approximate surface area is 398 Å². The van der Waals surface area contributed by atoms with E-state index in [9.17, 15) is 0 Å².